The zero-order chi connectivity index (χ0) is 22.5. The van der Waals surface area contributed by atoms with E-state index >= 15 is 0 Å². The standard InChI is InChI=1S/C22H23N3O7/c1-2-30-31-14-19-18(13-17-7-8-20(32-17)24-9-11-29-12-10-24)21(26)25(23-19)16-5-3-15(4-6-16)22(27)28/h3-8,13H,2,9-12,14H2,1H3,(H,27,28). The van der Waals surface area contributed by atoms with Crippen molar-refractivity contribution < 1.29 is 33.6 Å². The molecule has 3 heterocycles. The normalized spacial score (nSPS) is 17.8. The van der Waals surface area contributed by atoms with Gasteiger partial charge in [-0.2, -0.15) is 10.1 Å². The molecule has 0 unspecified atom stereocenters. The number of nitrogens with zero attached hydrogens (tertiary/aromatic N) is 3. The summed E-state index contributed by atoms with van der Waals surface area (Å²) in [7, 11) is 0. The van der Waals surface area contributed by atoms with E-state index in [0.29, 0.717) is 48.4 Å². The average Bonchev–Trinajstić information content (AvgIpc) is 3.40. The SMILES string of the molecule is CCOOCC1=NN(c2ccc(C(=O)O)cc2)C(=O)C1=Cc1ccc(N2CCOCC2)o1. The first-order valence-corrected chi connectivity index (χ1v) is 10.2. The first-order chi connectivity index (χ1) is 15.6. The molecule has 0 radical (unpaired) electrons. The fourth-order valence-electron chi connectivity index (χ4n) is 3.33. The van der Waals surface area contributed by atoms with Gasteiger partial charge in [-0.25, -0.2) is 14.6 Å². The van der Waals surface area contributed by atoms with Crippen LogP contribution in [-0.2, 0) is 19.3 Å². The van der Waals surface area contributed by atoms with Crippen molar-refractivity contribution in [1.29, 1.82) is 0 Å². The van der Waals surface area contributed by atoms with E-state index in [0.717, 1.165) is 13.1 Å². The number of hydrogen-bond acceptors (Lipinski definition) is 8. The number of hydrogen-bond donors (Lipinski definition) is 1. The smallest absolute Gasteiger partial charge is 0.335 e. The van der Waals surface area contributed by atoms with Crippen molar-refractivity contribution in [2.75, 3.05) is 49.4 Å². The van der Waals surface area contributed by atoms with Crippen molar-refractivity contribution >= 4 is 35.2 Å². The number of aromatic carboxylic acids is 1. The van der Waals surface area contributed by atoms with Gasteiger partial charge in [-0.3, -0.25) is 4.79 Å². The van der Waals surface area contributed by atoms with E-state index in [1.807, 2.05) is 6.07 Å². The molecule has 0 aliphatic carbocycles. The zero-order valence-electron chi connectivity index (χ0n) is 17.5. The van der Waals surface area contributed by atoms with Crippen molar-refractivity contribution in [1.82, 2.24) is 0 Å². The predicted molar refractivity (Wildman–Crippen MR) is 116 cm³/mol. The van der Waals surface area contributed by atoms with Crippen molar-refractivity contribution in [2.45, 2.75) is 6.92 Å². The van der Waals surface area contributed by atoms with Crippen LogP contribution < -0.4 is 9.91 Å². The fraction of sp³-hybridized carbons (Fsp3) is 0.318. The number of carboxylic acid groups (broad SMARTS) is 1. The van der Waals surface area contributed by atoms with Gasteiger partial charge in [0, 0.05) is 19.2 Å². The molecule has 0 spiro atoms. The second kappa shape index (κ2) is 9.77. The maximum Gasteiger partial charge on any atom is 0.335 e. The fourth-order valence-corrected chi connectivity index (χ4v) is 3.33. The minimum absolute atomic E-state index is 0.0356. The molecule has 2 aliphatic rings. The third kappa shape index (κ3) is 4.72. The summed E-state index contributed by atoms with van der Waals surface area (Å²) in [6.45, 7) is 4.83. The van der Waals surface area contributed by atoms with Crippen LogP contribution in [0.1, 0.15) is 23.0 Å². The van der Waals surface area contributed by atoms with Crippen LogP contribution in [0.15, 0.2) is 51.5 Å². The summed E-state index contributed by atoms with van der Waals surface area (Å²) >= 11 is 0. The number of carboxylic acids is 1. The number of amides is 1. The van der Waals surface area contributed by atoms with E-state index < -0.39 is 5.97 Å². The topological polar surface area (TPSA) is 114 Å². The van der Waals surface area contributed by atoms with Crippen LogP contribution in [0.5, 0.6) is 0 Å². The molecule has 1 aromatic carbocycles. The molecule has 0 bridgehead atoms. The van der Waals surface area contributed by atoms with E-state index in [9.17, 15) is 9.59 Å². The summed E-state index contributed by atoms with van der Waals surface area (Å²) in [5.74, 6) is -0.224. The lowest BCUT2D eigenvalue weighted by Gasteiger charge is -2.26. The number of benzene rings is 1. The Morgan fingerprint density at radius 2 is 1.91 bits per heavy atom. The number of hydrazone groups is 1. The highest BCUT2D eigenvalue weighted by Gasteiger charge is 2.32. The number of carbonyl (C=O) groups excluding carboxylic acids is 1. The van der Waals surface area contributed by atoms with Gasteiger partial charge in [-0.1, -0.05) is 0 Å². The predicted octanol–water partition coefficient (Wildman–Crippen LogP) is 2.57. The Kier molecular flexibility index (Phi) is 6.64. The summed E-state index contributed by atoms with van der Waals surface area (Å²) in [5.41, 5.74) is 1.22. The molecule has 1 fully saturated rings. The van der Waals surface area contributed by atoms with E-state index in [4.69, 9.17) is 24.0 Å². The van der Waals surface area contributed by atoms with Gasteiger partial charge in [0.25, 0.3) is 5.91 Å². The Hall–Kier alpha value is -3.47. The molecule has 1 aromatic heterocycles. The summed E-state index contributed by atoms with van der Waals surface area (Å²) in [5, 5.41) is 14.7. The largest absolute Gasteiger partial charge is 0.478 e. The van der Waals surface area contributed by atoms with Crippen molar-refractivity contribution in [3.63, 3.8) is 0 Å². The molecule has 4 rings (SSSR count). The minimum atomic E-state index is -1.05. The third-order valence-corrected chi connectivity index (χ3v) is 4.93. The second-order valence-electron chi connectivity index (χ2n) is 7.02. The summed E-state index contributed by atoms with van der Waals surface area (Å²) in [4.78, 5) is 36.4. The molecule has 1 amide bonds. The van der Waals surface area contributed by atoms with Crippen LogP contribution in [0.25, 0.3) is 6.08 Å². The Labute approximate surface area is 184 Å². The quantitative estimate of drug-likeness (QED) is 0.288. The van der Waals surface area contributed by atoms with Crippen LogP contribution >= 0.6 is 0 Å². The Morgan fingerprint density at radius 3 is 2.59 bits per heavy atom. The maximum absolute atomic E-state index is 13.1. The lowest BCUT2D eigenvalue weighted by atomic mass is 10.1. The minimum Gasteiger partial charge on any atom is -0.478 e. The highest BCUT2D eigenvalue weighted by Crippen LogP contribution is 2.27. The summed E-state index contributed by atoms with van der Waals surface area (Å²) in [6, 6.07) is 9.53. The van der Waals surface area contributed by atoms with Crippen LogP contribution in [0.4, 0.5) is 11.6 Å². The molecule has 0 atom stereocenters. The van der Waals surface area contributed by atoms with E-state index in [-0.39, 0.29) is 18.1 Å². The van der Waals surface area contributed by atoms with Crippen LogP contribution in [0.2, 0.25) is 0 Å². The molecule has 0 saturated carbocycles. The Bertz CT molecular complexity index is 1040. The lowest BCUT2D eigenvalue weighted by molar-refractivity contribution is -0.279. The molecule has 2 aliphatic heterocycles. The van der Waals surface area contributed by atoms with E-state index in [2.05, 4.69) is 10.0 Å². The van der Waals surface area contributed by atoms with Gasteiger partial charge < -0.3 is 19.2 Å². The number of ether oxygens (including phenoxy) is 1. The molecule has 10 nitrogen and oxygen atoms in total. The van der Waals surface area contributed by atoms with Gasteiger partial charge in [0.15, 0.2) is 5.88 Å². The molecule has 168 valence electrons. The van der Waals surface area contributed by atoms with Crippen LogP contribution in [0, 0.1) is 0 Å². The van der Waals surface area contributed by atoms with Crippen LogP contribution in [0.3, 0.4) is 0 Å². The Morgan fingerprint density at radius 1 is 1.16 bits per heavy atom. The average molecular weight is 441 g/mol. The zero-order valence-corrected chi connectivity index (χ0v) is 17.5. The highest BCUT2D eigenvalue weighted by atomic mass is 17.2. The number of anilines is 2. The molecular weight excluding hydrogens is 418 g/mol. The highest BCUT2D eigenvalue weighted by molar-refractivity contribution is 6.33. The summed E-state index contributed by atoms with van der Waals surface area (Å²) in [6.07, 6.45) is 1.62. The van der Waals surface area contributed by atoms with Gasteiger partial charge in [0.05, 0.1) is 36.6 Å². The van der Waals surface area contributed by atoms with Gasteiger partial charge in [0.2, 0.25) is 0 Å². The maximum atomic E-state index is 13.1. The number of rotatable bonds is 8. The molecule has 10 heteroatoms. The molecule has 1 N–H and O–H groups in total. The van der Waals surface area contributed by atoms with Gasteiger partial charge in [0.1, 0.15) is 18.1 Å². The van der Waals surface area contributed by atoms with Gasteiger partial charge >= 0.3 is 5.97 Å². The van der Waals surface area contributed by atoms with Gasteiger partial charge in [-0.15, -0.1) is 0 Å². The molecule has 1 saturated heterocycles. The molecular formula is C22H23N3O7. The molecule has 2 aromatic rings. The van der Waals surface area contributed by atoms with Crippen molar-refractivity contribution in [2.24, 2.45) is 5.10 Å². The Balaban J connectivity index is 1.59. The van der Waals surface area contributed by atoms with Crippen LogP contribution in [-0.4, -0.2) is 62.2 Å². The lowest BCUT2D eigenvalue weighted by Crippen LogP contribution is -2.35. The van der Waals surface area contributed by atoms with Crippen molar-refractivity contribution in [3.8, 4) is 0 Å². The van der Waals surface area contributed by atoms with E-state index in [1.165, 1.54) is 29.3 Å². The second-order valence-corrected chi connectivity index (χ2v) is 7.02. The van der Waals surface area contributed by atoms with E-state index in [1.54, 1.807) is 19.1 Å². The first-order valence-electron chi connectivity index (χ1n) is 10.2. The summed E-state index contributed by atoms with van der Waals surface area (Å²) < 4.78 is 11.3. The molecule has 32 heavy (non-hydrogen) atoms. The first kappa shape index (κ1) is 21.8. The van der Waals surface area contributed by atoms with Gasteiger partial charge in [-0.05, 0) is 43.3 Å². The number of furan rings is 1. The monoisotopic (exact) mass is 441 g/mol. The van der Waals surface area contributed by atoms with Crippen molar-refractivity contribution in [3.05, 3.63) is 53.3 Å². The third-order valence-electron chi connectivity index (χ3n) is 4.93. The number of morpholine rings is 1. The number of carbonyl (C=O) groups is 2.